The van der Waals surface area contributed by atoms with Crippen LogP contribution < -0.4 is 5.32 Å². The monoisotopic (exact) mass is 227 g/mol. The van der Waals surface area contributed by atoms with Gasteiger partial charge in [-0.15, -0.1) is 11.3 Å². The van der Waals surface area contributed by atoms with Gasteiger partial charge in [0.2, 0.25) is 0 Å². The van der Waals surface area contributed by atoms with Crippen molar-refractivity contribution in [3.63, 3.8) is 0 Å². The molecule has 0 amide bonds. The van der Waals surface area contributed by atoms with Crippen molar-refractivity contribution in [1.29, 1.82) is 0 Å². The largest absolute Gasteiger partial charge is 0.380 e. The number of ether oxygens (including phenoxy) is 1. The Bertz CT molecular complexity index is 261. The van der Waals surface area contributed by atoms with Gasteiger partial charge in [0, 0.05) is 24.1 Å². The third-order valence-corrected chi connectivity index (χ3v) is 3.61. The Labute approximate surface area is 96.7 Å². The van der Waals surface area contributed by atoms with E-state index in [9.17, 15) is 0 Å². The maximum absolute atomic E-state index is 5.29. The van der Waals surface area contributed by atoms with E-state index in [-0.39, 0.29) is 6.10 Å². The standard InChI is InChI=1S/C12H21NOS/c1-9(8-12-6-5-7-15-12)13-10(2)11(3)14-4/h5-7,9-11,13H,8H2,1-4H3. The molecule has 1 heterocycles. The first-order chi connectivity index (χ1) is 7.13. The van der Waals surface area contributed by atoms with Crippen LogP contribution in [-0.2, 0) is 11.2 Å². The van der Waals surface area contributed by atoms with E-state index in [1.54, 1.807) is 7.11 Å². The van der Waals surface area contributed by atoms with E-state index in [1.165, 1.54) is 4.88 Å². The van der Waals surface area contributed by atoms with Crippen LogP contribution in [0, 0.1) is 0 Å². The Morgan fingerprint density at radius 1 is 1.40 bits per heavy atom. The summed E-state index contributed by atoms with van der Waals surface area (Å²) in [5.41, 5.74) is 0. The molecule has 0 aromatic carbocycles. The highest BCUT2D eigenvalue weighted by molar-refractivity contribution is 7.09. The summed E-state index contributed by atoms with van der Waals surface area (Å²) in [6.07, 6.45) is 1.36. The van der Waals surface area contributed by atoms with Crippen LogP contribution in [0.4, 0.5) is 0 Å². The lowest BCUT2D eigenvalue weighted by Crippen LogP contribution is -2.42. The lowest BCUT2D eigenvalue weighted by Gasteiger charge is -2.24. The Morgan fingerprint density at radius 3 is 2.67 bits per heavy atom. The molecule has 1 rings (SSSR count). The second-order valence-corrected chi connectivity index (χ2v) is 5.11. The average Bonchev–Trinajstić information content (AvgIpc) is 2.68. The molecule has 0 aliphatic rings. The van der Waals surface area contributed by atoms with Gasteiger partial charge in [0.15, 0.2) is 0 Å². The zero-order chi connectivity index (χ0) is 11.3. The van der Waals surface area contributed by atoms with Crippen molar-refractivity contribution < 1.29 is 4.74 Å². The minimum Gasteiger partial charge on any atom is -0.380 e. The van der Waals surface area contributed by atoms with Gasteiger partial charge in [0.1, 0.15) is 0 Å². The summed E-state index contributed by atoms with van der Waals surface area (Å²) in [7, 11) is 1.76. The number of methoxy groups -OCH3 is 1. The van der Waals surface area contributed by atoms with Crippen molar-refractivity contribution in [1.82, 2.24) is 5.32 Å². The summed E-state index contributed by atoms with van der Waals surface area (Å²) in [5, 5.41) is 5.68. The molecule has 3 atom stereocenters. The third-order valence-electron chi connectivity index (χ3n) is 2.71. The van der Waals surface area contributed by atoms with Crippen LogP contribution in [0.2, 0.25) is 0 Å². The number of hydrogen-bond donors (Lipinski definition) is 1. The van der Waals surface area contributed by atoms with Crippen molar-refractivity contribution in [2.45, 2.75) is 45.4 Å². The predicted octanol–water partition coefficient (Wildman–Crippen LogP) is 2.69. The minimum atomic E-state index is 0.260. The zero-order valence-electron chi connectivity index (χ0n) is 9.99. The topological polar surface area (TPSA) is 21.3 Å². The molecule has 1 aromatic rings. The minimum absolute atomic E-state index is 0.260. The second-order valence-electron chi connectivity index (χ2n) is 4.08. The van der Waals surface area contributed by atoms with Crippen molar-refractivity contribution >= 4 is 11.3 Å². The van der Waals surface area contributed by atoms with E-state index in [0.29, 0.717) is 12.1 Å². The molecule has 86 valence electrons. The molecule has 0 fully saturated rings. The highest BCUT2D eigenvalue weighted by Gasteiger charge is 2.13. The van der Waals surface area contributed by atoms with Crippen LogP contribution in [0.3, 0.4) is 0 Å². The molecule has 3 unspecified atom stereocenters. The van der Waals surface area contributed by atoms with Gasteiger partial charge in [-0.2, -0.15) is 0 Å². The molecule has 0 saturated carbocycles. The SMILES string of the molecule is COC(C)C(C)NC(C)Cc1cccs1. The van der Waals surface area contributed by atoms with Gasteiger partial charge < -0.3 is 10.1 Å². The Morgan fingerprint density at radius 2 is 2.13 bits per heavy atom. The van der Waals surface area contributed by atoms with Crippen LogP contribution >= 0.6 is 11.3 Å². The molecular formula is C12H21NOS. The van der Waals surface area contributed by atoms with E-state index in [4.69, 9.17) is 4.74 Å². The van der Waals surface area contributed by atoms with E-state index in [2.05, 4.69) is 43.6 Å². The highest BCUT2D eigenvalue weighted by atomic mass is 32.1. The molecule has 0 aliphatic heterocycles. The molecule has 3 heteroatoms. The molecular weight excluding hydrogens is 206 g/mol. The quantitative estimate of drug-likeness (QED) is 0.807. The first-order valence-corrected chi connectivity index (χ1v) is 6.32. The predicted molar refractivity (Wildman–Crippen MR) is 66.6 cm³/mol. The molecule has 0 bridgehead atoms. The van der Waals surface area contributed by atoms with Crippen LogP contribution in [-0.4, -0.2) is 25.3 Å². The first-order valence-electron chi connectivity index (χ1n) is 5.44. The van der Waals surface area contributed by atoms with Crippen molar-refractivity contribution in [2.75, 3.05) is 7.11 Å². The van der Waals surface area contributed by atoms with Gasteiger partial charge in [0.25, 0.3) is 0 Å². The summed E-state index contributed by atoms with van der Waals surface area (Å²) < 4.78 is 5.29. The molecule has 2 nitrogen and oxygen atoms in total. The highest BCUT2D eigenvalue weighted by Crippen LogP contribution is 2.11. The van der Waals surface area contributed by atoms with Gasteiger partial charge in [-0.25, -0.2) is 0 Å². The summed E-state index contributed by atoms with van der Waals surface area (Å²) in [6.45, 7) is 6.48. The Balaban J connectivity index is 2.32. The fourth-order valence-corrected chi connectivity index (χ4v) is 2.41. The third kappa shape index (κ3) is 4.33. The van der Waals surface area contributed by atoms with E-state index < -0.39 is 0 Å². The summed E-state index contributed by atoms with van der Waals surface area (Å²) in [4.78, 5) is 1.44. The van der Waals surface area contributed by atoms with E-state index in [0.717, 1.165) is 6.42 Å². The molecule has 0 spiro atoms. The number of hydrogen-bond acceptors (Lipinski definition) is 3. The number of rotatable bonds is 6. The van der Waals surface area contributed by atoms with Gasteiger partial charge in [0.05, 0.1) is 6.10 Å². The molecule has 0 saturated heterocycles. The zero-order valence-corrected chi connectivity index (χ0v) is 10.8. The van der Waals surface area contributed by atoms with Crippen LogP contribution in [0.25, 0.3) is 0 Å². The Kier molecular flexibility index (Phi) is 5.29. The van der Waals surface area contributed by atoms with Crippen molar-refractivity contribution in [3.05, 3.63) is 22.4 Å². The normalized spacial score (nSPS) is 17.3. The van der Waals surface area contributed by atoms with Gasteiger partial charge >= 0.3 is 0 Å². The van der Waals surface area contributed by atoms with Gasteiger partial charge in [-0.05, 0) is 38.6 Å². The van der Waals surface area contributed by atoms with Gasteiger partial charge in [-0.1, -0.05) is 6.07 Å². The molecule has 1 N–H and O–H groups in total. The van der Waals surface area contributed by atoms with Crippen LogP contribution in [0.15, 0.2) is 17.5 Å². The lowest BCUT2D eigenvalue weighted by atomic mass is 10.1. The van der Waals surface area contributed by atoms with Crippen LogP contribution in [0.5, 0.6) is 0 Å². The van der Waals surface area contributed by atoms with Crippen LogP contribution in [0.1, 0.15) is 25.6 Å². The molecule has 1 aromatic heterocycles. The van der Waals surface area contributed by atoms with Gasteiger partial charge in [-0.3, -0.25) is 0 Å². The average molecular weight is 227 g/mol. The fourth-order valence-electron chi connectivity index (χ4n) is 1.58. The smallest absolute Gasteiger partial charge is 0.0693 e. The summed E-state index contributed by atoms with van der Waals surface area (Å²) >= 11 is 1.82. The maximum atomic E-state index is 5.29. The van der Waals surface area contributed by atoms with E-state index >= 15 is 0 Å². The number of thiophene rings is 1. The lowest BCUT2D eigenvalue weighted by molar-refractivity contribution is 0.0852. The molecule has 15 heavy (non-hydrogen) atoms. The fraction of sp³-hybridized carbons (Fsp3) is 0.667. The second kappa shape index (κ2) is 6.26. The maximum Gasteiger partial charge on any atom is 0.0693 e. The van der Waals surface area contributed by atoms with E-state index in [1.807, 2.05) is 11.3 Å². The summed E-state index contributed by atoms with van der Waals surface area (Å²) in [5.74, 6) is 0. The summed E-state index contributed by atoms with van der Waals surface area (Å²) in [6, 6.07) is 5.18. The van der Waals surface area contributed by atoms with Crippen molar-refractivity contribution in [3.8, 4) is 0 Å². The Hall–Kier alpha value is -0.380. The first kappa shape index (κ1) is 12.7. The molecule has 0 aliphatic carbocycles. The molecule has 0 radical (unpaired) electrons. The number of nitrogens with one attached hydrogen (secondary N) is 1. The van der Waals surface area contributed by atoms with Crippen molar-refractivity contribution in [2.24, 2.45) is 0 Å².